The average molecular weight is 336 g/mol. The molecule has 0 N–H and O–H groups in total. The van der Waals surface area contributed by atoms with E-state index >= 15 is 0 Å². The number of benzene rings is 2. The fourth-order valence-corrected chi connectivity index (χ4v) is 2.99. The zero-order chi connectivity index (χ0) is 18.6. The van der Waals surface area contributed by atoms with Gasteiger partial charge in [0.25, 0.3) is 0 Å². The fourth-order valence-electron chi connectivity index (χ4n) is 2.99. The molecule has 0 aliphatic rings. The van der Waals surface area contributed by atoms with Crippen molar-refractivity contribution < 1.29 is 0 Å². The summed E-state index contributed by atoms with van der Waals surface area (Å²) in [5.74, 6) is 0.481. The molecule has 0 aromatic heterocycles. The Kier molecular flexibility index (Phi) is 6.24. The van der Waals surface area contributed by atoms with Crippen LogP contribution >= 0.6 is 0 Å². The van der Waals surface area contributed by atoms with Crippen molar-refractivity contribution in [2.75, 3.05) is 7.05 Å². The van der Waals surface area contributed by atoms with Crippen LogP contribution in [0, 0.1) is 5.92 Å². The van der Waals surface area contributed by atoms with E-state index in [0.717, 1.165) is 13.1 Å². The van der Waals surface area contributed by atoms with Crippen LogP contribution in [-0.4, -0.2) is 11.9 Å². The summed E-state index contributed by atoms with van der Waals surface area (Å²) in [6.07, 6.45) is 0. The van der Waals surface area contributed by atoms with E-state index in [9.17, 15) is 0 Å². The number of hydrogen-bond donors (Lipinski definition) is 0. The van der Waals surface area contributed by atoms with E-state index in [1.54, 1.807) is 0 Å². The number of rotatable bonds is 6. The fraction of sp³-hybridized carbons (Fsp3) is 0.417. The Hall–Kier alpha value is -1.86. The monoisotopic (exact) mass is 335 g/mol. The van der Waals surface area contributed by atoms with Gasteiger partial charge in [-0.1, -0.05) is 89.7 Å². The Labute approximate surface area is 154 Å². The van der Waals surface area contributed by atoms with Gasteiger partial charge in [-0.3, -0.25) is 4.90 Å². The van der Waals surface area contributed by atoms with E-state index in [-0.39, 0.29) is 5.41 Å². The van der Waals surface area contributed by atoms with Crippen LogP contribution in [0.15, 0.2) is 55.1 Å². The Morgan fingerprint density at radius 2 is 1.56 bits per heavy atom. The highest BCUT2D eigenvalue weighted by atomic mass is 15.1. The lowest BCUT2D eigenvalue weighted by molar-refractivity contribution is 0.319. The van der Waals surface area contributed by atoms with Gasteiger partial charge in [-0.25, -0.2) is 0 Å². The van der Waals surface area contributed by atoms with E-state index < -0.39 is 0 Å². The standard InChI is InChI=1S/C24H33N/c1-18(2)19(3)22-10-8-9-21(15-22)17-25(7)16-20-11-13-23(14-12-20)24(4,5)6/h8-15,18H,3,16-17H2,1-2,4-7H3. The molecule has 0 radical (unpaired) electrons. The van der Waals surface area contributed by atoms with Crippen molar-refractivity contribution in [1.29, 1.82) is 0 Å². The molecule has 0 saturated heterocycles. The normalized spacial score (nSPS) is 12.0. The van der Waals surface area contributed by atoms with Gasteiger partial charge < -0.3 is 0 Å². The molecule has 0 atom stereocenters. The van der Waals surface area contributed by atoms with Crippen LogP contribution < -0.4 is 0 Å². The molecule has 0 amide bonds. The van der Waals surface area contributed by atoms with Crippen LogP contribution in [0.1, 0.15) is 56.9 Å². The lowest BCUT2D eigenvalue weighted by Crippen LogP contribution is -2.17. The van der Waals surface area contributed by atoms with Crippen LogP contribution in [0.2, 0.25) is 0 Å². The summed E-state index contributed by atoms with van der Waals surface area (Å²) in [6.45, 7) is 17.3. The SMILES string of the molecule is C=C(c1cccc(CN(C)Cc2ccc(C(C)(C)C)cc2)c1)C(C)C. The summed E-state index contributed by atoms with van der Waals surface area (Å²) in [4.78, 5) is 2.36. The molecule has 0 heterocycles. The van der Waals surface area contributed by atoms with Gasteiger partial charge in [-0.2, -0.15) is 0 Å². The first kappa shape index (κ1) is 19.5. The minimum Gasteiger partial charge on any atom is -0.298 e. The van der Waals surface area contributed by atoms with Gasteiger partial charge in [-0.05, 0) is 46.2 Å². The molecular weight excluding hydrogens is 302 g/mol. The summed E-state index contributed by atoms with van der Waals surface area (Å²) < 4.78 is 0. The third-order valence-electron chi connectivity index (χ3n) is 4.72. The number of nitrogens with zero attached hydrogens (tertiary/aromatic N) is 1. The van der Waals surface area contributed by atoms with Crippen LogP contribution in [0.3, 0.4) is 0 Å². The first-order valence-corrected chi connectivity index (χ1v) is 9.23. The molecule has 0 unspecified atom stereocenters. The van der Waals surface area contributed by atoms with Gasteiger partial charge in [0.15, 0.2) is 0 Å². The summed E-state index contributed by atoms with van der Waals surface area (Å²) in [5, 5.41) is 0. The maximum absolute atomic E-state index is 4.23. The van der Waals surface area contributed by atoms with Gasteiger partial charge in [0, 0.05) is 13.1 Å². The van der Waals surface area contributed by atoms with E-state index in [4.69, 9.17) is 0 Å². The highest BCUT2D eigenvalue weighted by Crippen LogP contribution is 2.24. The topological polar surface area (TPSA) is 3.24 Å². The number of allylic oxidation sites excluding steroid dienone is 1. The van der Waals surface area contributed by atoms with Crippen molar-refractivity contribution in [2.24, 2.45) is 5.92 Å². The molecule has 2 aromatic carbocycles. The molecule has 0 fully saturated rings. The molecule has 0 bridgehead atoms. The second kappa shape index (κ2) is 8.01. The van der Waals surface area contributed by atoms with Crippen molar-refractivity contribution >= 4 is 5.57 Å². The van der Waals surface area contributed by atoms with Gasteiger partial charge in [0.1, 0.15) is 0 Å². The van der Waals surface area contributed by atoms with Crippen molar-refractivity contribution in [1.82, 2.24) is 4.90 Å². The van der Waals surface area contributed by atoms with Crippen LogP contribution in [0.25, 0.3) is 5.57 Å². The molecule has 2 aromatic rings. The summed E-state index contributed by atoms with van der Waals surface area (Å²) in [5.41, 5.74) is 6.77. The second-order valence-corrected chi connectivity index (χ2v) is 8.50. The molecule has 0 saturated carbocycles. The molecule has 25 heavy (non-hydrogen) atoms. The second-order valence-electron chi connectivity index (χ2n) is 8.50. The molecule has 1 nitrogen and oxygen atoms in total. The van der Waals surface area contributed by atoms with Crippen LogP contribution in [-0.2, 0) is 18.5 Å². The molecule has 2 rings (SSSR count). The summed E-state index contributed by atoms with van der Waals surface area (Å²) >= 11 is 0. The van der Waals surface area contributed by atoms with Crippen LogP contribution in [0.5, 0.6) is 0 Å². The smallest absolute Gasteiger partial charge is 0.0234 e. The van der Waals surface area contributed by atoms with Gasteiger partial charge in [-0.15, -0.1) is 0 Å². The quantitative estimate of drug-likeness (QED) is 0.600. The molecule has 134 valence electrons. The maximum Gasteiger partial charge on any atom is 0.0234 e. The molecule has 0 aliphatic heterocycles. The Morgan fingerprint density at radius 3 is 2.12 bits per heavy atom. The predicted octanol–water partition coefficient (Wildman–Crippen LogP) is 6.29. The first-order chi connectivity index (χ1) is 11.7. The summed E-state index contributed by atoms with van der Waals surface area (Å²) in [7, 11) is 2.18. The van der Waals surface area contributed by atoms with Gasteiger partial charge in [0.05, 0.1) is 0 Å². The third-order valence-corrected chi connectivity index (χ3v) is 4.72. The lowest BCUT2D eigenvalue weighted by Gasteiger charge is -2.21. The minimum atomic E-state index is 0.212. The molecule has 0 spiro atoms. The van der Waals surface area contributed by atoms with Crippen molar-refractivity contribution in [2.45, 2.75) is 53.1 Å². The Balaban J connectivity index is 2.02. The van der Waals surface area contributed by atoms with Crippen molar-refractivity contribution in [3.63, 3.8) is 0 Å². The Morgan fingerprint density at radius 1 is 0.960 bits per heavy atom. The zero-order valence-corrected chi connectivity index (χ0v) is 16.8. The van der Waals surface area contributed by atoms with Crippen LogP contribution in [0.4, 0.5) is 0 Å². The maximum atomic E-state index is 4.23. The molecule has 1 heteroatoms. The Bertz CT molecular complexity index is 702. The van der Waals surface area contributed by atoms with E-state index in [2.05, 4.69) is 102 Å². The van der Waals surface area contributed by atoms with E-state index in [1.165, 1.54) is 27.8 Å². The average Bonchev–Trinajstić information content (AvgIpc) is 2.53. The van der Waals surface area contributed by atoms with Gasteiger partial charge in [0.2, 0.25) is 0 Å². The predicted molar refractivity (Wildman–Crippen MR) is 111 cm³/mol. The lowest BCUT2D eigenvalue weighted by atomic mass is 9.87. The van der Waals surface area contributed by atoms with Gasteiger partial charge >= 0.3 is 0 Å². The first-order valence-electron chi connectivity index (χ1n) is 9.23. The molecule has 0 aliphatic carbocycles. The highest BCUT2D eigenvalue weighted by molar-refractivity contribution is 5.65. The largest absolute Gasteiger partial charge is 0.298 e. The van der Waals surface area contributed by atoms with Crippen molar-refractivity contribution in [3.8, 4) is 0 Å². The highest BCUT2D eigenvalue weighted by Gasteiger charge is 2.13. The third kappa shape index (κ3) is 5.57. The van der Waals surface area contributed by atoms with E-state index in [1.807, 2.05) is 0 Å². The number of hydrogen-bond acceptors (Lipinski definition) is 1. The van der Waals surface area contributed by atoms with Crippen molar-refractivity contribution in [3.05, 3.63) is 77.4 Å². The van der Waals surface area contributed by atoms with E-state index in [0.29, 0.717) is 5.92 Å². The summed E-state index contributed by atoms with van der Waals surface area (Å²) in [6, 6.07) is 17.8. The molecular formula is C24H33N. The minimum absolute atomic E-state index is 0.212. The zero-order valence-electron chi connectivity index (χ0n) is 16.8.